The fourth-order valence-electron chi connectivity index (χ4n) is 3.88. The van der Waals surface area contributed by atoms with Gasteiger partial charge in [0.2, 0.25) is 0 Å². The van der Waals surface area contributed by atoms with E-state index in [4.69, 9.17) is 16.3 Å². The fourth-order valence-corrected chi connectivity index (χ4v) is 4.12. The van der Waals surface area contributed by atoms with E-state index >= 15 is 0 Å². The molecule has 0 unspecified atom stereocenters. The van der Waals surface area contributed by atoms with Crippen molar-refractivity contribution in [2.75, 3.05) is 31.3 Å². The lowest BCUT2D eigenvalue weighted by molar-refractivity contribution is -0.110. The third-order valence-electron chi connectivity index (χ3n) is 5.40. The van der Waals surface area contributed by atoms with Gasteiger partial charge in [-0.2, -0.15) is 0 Å². The molecule has 0 saturated carbocycles. The van der Waals surface area contributed by atoms with Crippen LogP contribution in [0.25, 0.3) is 11.3 Å². The largest absolute Gasteiger partial charge is 0.462 e. The number of benzene rings is 3. The topological polar surface area (TPSA) is 70.7 Å². The first kappa shape index (κ1) is 23.5. The van der Waals surface area contributed by atoms with Crippen LogP contribution in [0.1, 0.15) is 34.0 Å². The number of carbonyl (C=O) groups is 2. The molecular weight excluding hydrogens is 450 g/mol. The van der Waals surface area contributed by atoms with E-state index in [0.717, 1.165) is 23.4 Å². The molecule has 1 heterocycles. The predicted octanol–water partition coefficient (Wildman–Crippen LogP) is 5.51. The molecule has 0 aliphatic carbocycles. The summed E-state index contributed by atoms with van der Waals surface area (Å²) in [5.41, 5.74) is 5.44. The Hall–Kier alpha value is -3.61. The van der Waals surface area contributed by atoms with Crippen LogP contribution in [0.15, 0.2) is 66.7 Å². The highest BCUT2D eigenvalue weighted by Crippen LogP contribution is 2.38. The first-order chi connectivity index (χ1) is 16.4. The van der Waals surface area contributed by atoms with Crippen molar-refractivity contribution in [3.63, 3.8) is 0 Å². The van der Waals surface area contributed by atoms with Gasteiger partial charge in [-0.05, 0) is 56.4 Å². The normalized spacial score (nSPS) is 14.0. The number of nitrogens with zero attached hydrogens (tertiary/aromatic N) is 1. The number of carbonyl (C=O) groups excluding carboxylic acids is 2. The van der Waals surface area contributed by atoms with Crippen molar-refractivity contribution in [2.45, 2.75) is 13.5 Å². The van der Waals surface area contributed by atoms with Crippen LogP contribution in [-0.2, 0) is 16.1 Å². The summed E-state index contributed by atoms with van der Waals surface area (Å²) < 4.78 is 5.09. The summed E-state index contributed by atoms with van der Waals surface area (Å²) in [6, 6.07) is 20.5. The van der Waals surface area contributed by atoms with E-state index < -0.39 is 5.97 Å². The first-order valence-electron chi connectivity index (χ1n) is 11.0. The summed E-state index contributed by atoms with van der Waals surface area (Å²) >= 11 is 6.54. The highest BCUT2D eigenvalue weighted by atomic mass is 35.5. The van der Waals surface area contributed by atoms with E-state index in [9.17, 15) is 9.59 Å². The van der Waals surface area contributed by atoms with Gasteiger partial charge in [0, 0.05) is 22.8 Å². The number of amides is 1. The zero-order valence-electron chi connectivity index (χ0n) is 19.3. The van der Waals surface area contributed by atoms with E-state index in [1.54, 1.807) is 25.1 Å². The summed E-state index contributed by atoms with van der Waals surface area (Å²) in [7, 11) is 3.98. The number of halogens is 1. The predicted molar refractivity (Wildman–Crippen MR) is 137 cm³/mol. The molecule has 2 N–H and O–H groups in total. The molecule has 0 atom stereocenters. The van der Waals surface area contributed by atoms with Gasteiger partial charge in [-0.15, -0.1) is 0 Å². The van der Waals surface area contributed by atoms with Gasteiger partial charge in [-0.1, -0.05) is 54.1 Å². The van der Waals surface area contributed by atoms with Crippen LogP contribution in [0, 0.1) is 0 Å². The van der Waals surface area contributed by atoms with Gasteiger partial charge in [-0.3, -0.25) is 4.79 Å². The molecule has 0 bridgehead atoms. The maximum Gasteiger partial charge on any atom is 0.338 e. The molecule has 34 heavy (non-hydrogen) atoms. The van der Waals surface area contributed by atoms with Crippen molar-refractivity contribution >= 4 is 46.1 Å². The Balaban J connectivity index is 1.79. The number of esters is 1. The van der Waals surface area contributed by atoms with Crippen LogP contribution in [0.4, 0.5) is 11.4 Å². The monoisotopic (exact) mass is 475 g/mol. The lowest BCUT2D eigenvalue weighted by Crippen LogP contribution is -2.12. The lowest BCUT2D eigenvalue weighted by atomic mass is 9.99. The van der Waals surface area contributed by atoms with Gasteiger partial charge in [0.05, 0.1) is 29.1 Å². The minimum atomic E-state index is -0.425. The maximum absolute atomic E-state index is 13.1. The second-order valence-corrected chi connectivity index (χ2v) is 8.63. The average Bonchev–Trinajstić information content (AvgIpc) is 3.14. The molecule has 0 radical (unpaired) electrons. The number of anilines is 2. The maximum atomic E-state index is 13.1. The smallest absolute Gasteiger partial charge is 0.338 e. The summed E-state index contributed by atoms with van der Waals surface area (Å²) in [4.78, 5) is 27.3. The van der Waals surface area contributed by atoms with Crippen LogP contribution in [0.3, 0.4) is 0 Å². The van der Waals surface area contributed by atoms with Gasteiger partial charge in [0.1, 0.15) is 0 Å². The summed E-state index contributed by atoms with van der Waals surface area (Å²) in [5, 5.41) is 6.95. The Bertz CT molecular complexity index is 1270. The Labute approximate surface area is 204 Å². The van der Waals surface area contributed by atoms with Crippen LogP contribution in [-0.4, -0.2) is 37.5 Å². The molecular formula is C27H26ClN3O3. The summed E-state index contributed by atoms with van der Waals surface area (Å²) in [6.07, 6.45) is 0. The van der Waals surface area contributed by atoms with E-state index in [0.29, 0.717) is 33.1 Å². The Morgan fingerprint density at radius 2 is 1.79 bits per heavy atom. The molecule has 7 heteroatoms. The number of rotatable bonds is 7. The summed E-state index contributed by atoms with van der Waals surface area (Å²) in [6.45, 7) is 2.76. The number of ether oxygens (including phenoxy) is 1. The molecule has 1 aliphatic rings. The third kappa shape index (κ3) is 4.98. The molecule has 0 saturated heterocycles. The Morgan fingerprint density at radius 1 is 1.03 bits per heavy atom. The van der Waals surface area contributed by atoms with Crippen LogP contribution in [0.2, 0.25) is 5.02 Å². The number of nitrogens with one attached hydrogen (secondary N) is 2. The van der Waals surface area contributed by atoms with E-state index in [1.165, 1.54) is 0 Å². The van der Waals surface area contributed by atoms with Crippen molar-refractivity contribution in [1.82, 2.24) is 4.90 Å². The minimum absolute atomic E-state index is 0.252. The molecule has 4 rings (SSSR count). The van der Waals surface area contributed by atoms with Gasteiger partial charge in [-0.25, -0.2) is 4.79 Å². The average molecular weight is 476 g/mol. The Kier molecular flexibility index (Phi) is 7.01. The van der Waals surface area contributed by atoms with Crippen molar-refractivity contribution in [2.24, 2.45) is 0 Å². The number of hydrogen-bond donors (Lipinski definition) is 2. The van der Waals surface area contributed by atoms with Crippen LogP contribution >= 0.6 is 11.6 Å². The second kappa shape index (κ2) is 10.1. The molecule has 1 amide bonds. The molecule has 0 fully saturated rings. The van der Waals surface area contributed by atoms with Crippen LogP contribution < -0.4 is 10.6 Å². The lowest BCUT2D eigenvalue weighted by Gasteiger charge is -2.17. The molecule has 0 aromatic heterocycles. The van der Waals surface area contributed by atoms with Crippen molar-refractivity contribution in [3.05, 3.63) is 94.0 Å². The SMILES string of the molecule is CCOC(=O)c1ccc2c(c1)NC(=O)/C2=C(/Nc1ccc(CN(C)C)c(Cl)c1)c1ccccc1. The van der Waals surface area contributed by atoms with Crippen molar-refractivity contribution in [1.29, 1.82) is 0 Å². The van der Waals surface area contributed by atoms with Gasteiger partial charge >= 0.3 is 5.97 Å². The van der Waals surface area contributed by atoms with E-state index in [2.05, 4.69) is 15.5 Å². The standard InChI is InChI=1S/C27H26ClN3O3/c1-4-34-27(33)18-11-13-21-23(14-18)30-26(32)24(21)25(17-8-6-5-7-9-17)29-20-12-10-19(16-31(2)3)22(28)15-20/h5-15,29H,4,16H2,1-3H3,(H,30,32)/b25-24+. The number of hydrogen-bond acceptors (Lipinski definition) is 5. The van der Waals surface area contributed by atoms with E-state index in [1.807, 2.05) is 62.6 Å². The number of fused-ring (bicyclic) bond motifs is 1. The third-order valence-corrected chi connectivity index (χ3v) is 5.75. The molecule has 6 nitrogen and oxygen atoms in total. The Morgan fingerprint density at radius 3 is 2.47 bits per heavy atom. The first-order valence-corrected chi connectivity index (χ1v) is 11.4. The van der Waals surface area contributed by atoms with Crippen molar-refractivity contribution < 1.29 is 14.3 Å². The zero-order chi connectivity index (χ0) is 24.2. The van der Waals surface area contributed by atoms with Gasteiger partial charge in [0.25, 0.3) is 5.91 Å². The van der Waals surface area contributed by atoms with Crippen molar-refractivity contribution in [3.8, 4) is 0 Å². The fraction of sp³-hybridized carbons (Fsp3) is 0.185. The van der Waals surface area contributed by atoms with Gasteiger partial charge < -0.3 is 20.3 Å². The van der Waals surface area contributed by atoms with Gasteiger partial charge in [0.15, 0.2) is 0 Å². The highest BCUT2D eigenvalue weighted by Gasteiger charge is 2.29. The van der Waals surface area contributed by atoms with E-state index in [-0.39, 0.29) is 12.5 Å². The second-order valence-electron chi connectivity index (χ2n) is 8.22. The molecule has 3 aromatic carbocycles. The molecule has 0 spiro atoms. The minimum Gasteiger partial charge on any atom is -0.462 e. The zero-order valence-corrected chi connectivity index (χ0v) is 20.1. The molecule has 174 valence electrons. The highest BCUT2D eigenvalue weighted by molar-refractivity contribution is 6.37. The van der Waals surface area contributed by atoms with Crippen LogP contribution in [0.5, 0.6) is 0 Å². The summed E-state index contributed by atoms with van der Waals surface area (Å²) in [5.74, 6) is -0.677. The molecule has 3 aromatic rings. The molecule has 1 aliphatic heterocycles. The quantitative estimate of drug-likeness (QED) is 0.348.